The molecular formula is C16H20O4. The van der Waals surface area contributed by atoms with Crippen molar-refractivity contribution in [1.82, 2.24) is 0 Å². The summed E-state index contributed by atoms with van der Waals surface area (Å²) in [4.78, 5) is 23.4. The van der Waals surface area contributed by atoms with E-state index in [1.165, 1.54) is 0 Å². The van der Waals surface area contributed by atoms with E-state index >= 15 is 0 Å². The molecule has 0 aliphatic rings. The molecule has 4 nitrogen and oxygen atoms in total. The second-order valence-electron chi connectivity index (χ2n) is 5.06. The highest BCUT2D eigenvalue weighted by Gasteiger charge is 2.17. The van der Waals surface area contributed by atoms with E-state index in [9.17, 15) is 9.59 Å². The summed E-state index contributed by atoms with van der Waals surface area (Å²) in [5, 5.41) is 0. The summed E-state index contributed by atoms with van der Waals surface area (Å²) in [5.74, 6) is -0.816. The lowest BCUT2D eigenvalue weighted by atomic mass is 10.2. The van der Waals surface area contributed by atoms with Crippen molar-refractivity contribution in [2.75, 3.05) is 0 Å². The van der Waals surface area contributed by atoms with Crippen LogP contribution in [0.25, 0.3) is 6.08 Å². The normalized spacial score (nSPS) is 10.5. The molecule has 1 aromatic rings. The number of carbonyl (C=O) groups is 2. The van der Waals surface area contributed by atoms with Gasteiger partial charge in [-0.3, -0.25) is 9.59 Å². The third-order valence-corrected chi connectivity index (χ3v) is 2.57. The van der Waals surface area contributed by atoms with Crippen molar-refractivity contribution < 1.29 is 19.1 Å². The molecule has 20 heavy (non-hydrogen) atoms. The van der Waals surface area contributed by atoms with Crippen molar-refractivity contribution in [2.45, 2.75) is 27.7 Å². The van der Waals surface area contributed by atoms with Gasteiger partial charge in [-0.05, 0) is 17.7 Å². The van der Waals surface area contributed by atoms with E-state index in [0.717, 1.165) is 5.56 Å². The third kappa shape index (κ3) is 4.23. The van der Waals surface area contributed by atoms with E-state index in [4.69, 9.17) is 9.47 Å². The van der Waals surface area contributed by atoms with Crippen molar-refractivity contribution in [3.8, 4) is 11.5 Å². The largest absolute Gasteiger partial charge is 0.422 e. The van der Waals surface area contributed by atoms with Crippen LogP contribution in [0, 0.1) is 11.8 Å². The lowest BCUT2D eigenvalue weighted by molar-refractivity contribution is -0.140. The van der Waals surface area contributed by atoms with Crippen LogP contribution in [0.2, 0.25) is 0 Å². The highest BCUT2D eigenvalue weighted by Crippen LogP contribution is 2.30. The van der Waals surface area contributed by atoms with Crippen LogP contribution in [-0.2, 0) is 9.59 Å². The van der Waals surface area contributed by atoms with Crippen molar-refractivity contribution in [1.29, 1.82) is 0 Å². The molecule has 0 bridgehead atoms. The van der Waals surface area contributed by atoms with Crippen molar-refractivity contribution in [3.05, 3.63) is 30.3 Å². The maximum absolute atomic E-state index is 11.7. The van der Waals surface area contributed by atoms with E-state index in [1.807, 2.05) is 0 Å². The Labute approximate surface area is 119 Å². The first-order valence-electron chi connectivity index (χ1n) is 6.55. The highest BCUT2D eigenvalue weighted by atomic mass is 16.6. The molecule has 1 aromatic carbocycles. The van der Waals surface area contributed by atoms with Crippen LogP contribution in [0.4, 0.5) is 0 Å². The Balaban J connectivity index is 3.06. The van der Waals surface area contributed by atoms with Gasteiger partial charge in [-0.2, -0.15) is 0 Å². The quantitative estimate of drug-likeness (QED) is 0.610. The van der Waals surface area contributed by atoms with Gasteiger partial charge in [0.15, 0.2) is 11.5 Å². The molecule has 0 saturated carbocycles. The molecule has 0 N–H and O–H groups in total. The molecule has 0 unspecified atom stereocenters. The van der Waals surface area contributed by atoms with E-state index in [0.29, 0.717) is 0 Å². The molecule has 1 rings (SSSR count). The van der Waals surface area contributed by atoms with Crippen LogP contribution in [0.3, 0.4) is 0 Å². The van der Waals surface area contributed by atoms with Gasteiger partial charge in [0.25, 0.3) is 0 Å². The molecule has 0 amide bonds. The molecule has 0 spiro atoms. The number of hydrogen-bond acceptors (Lipinski definition) is 4. The second kappa shape index (κ2) is 6.89. The van der Waals surface area contributed by atoms with Gasteiger partial charge in [0.1, 0.15) is 0 Å². The van der Waals surface area contributed by atoms with Crippen molar-refractivity contribution in [3.63, 3.8) is 0 Å². The smallest absolute Gasteiger partial charge is 0.313 e. The molecule has 0 atom stereocenters. The van der Waals surface area contributed by atoms with Gasteiger partial charge in [0.2, 0.25) is 0 Å². The molecule has 0 heterocycles. The molecule has 0 fully saturated rings. The Hall–Kier alpha value is -2.10. The minimum Gasteiger partial charge on any atom is -0.422 e. The fourth-order valence-corrected chi connectivity index (χ4v) is 1.27. The Morgan fingerprint density at radius 3 is 1.95 bits per heavy atom. The van der Waals surface area contributed by atoms with Gasteiger partial charge in [-0.15, -0.1) is 0 Å². The Bertz CT molecular complexity index is 515. The maximum Gasteiger partial charge on any atom is 0.313 e. The predicted molar refractivity (Wildman–Crippen MR) is 77.5 cm³/mol. The van der Waals surface area contributed by atoms with E-state index in [-0.39, 0.29) is 35.3 Å². The topological polar surface area (TPSA) is 52.6 Å². The fourth-order valence-electron chi connectivity index (χ4n) is 1.27. The van der Waals surface area contributed by atoms with E-state index in [1.54, 1.807) is 52.0 Å². The monoisotopic (exact) mass is 276 g/mol. The standard InChI is InChI=1S/C16H20O4/c1-6-12-7-8-13(19-15(17)10(2)3)14(9-12)20-16(18)11(4)5/h6-11H,1H2,2-5H3. The first kappa shape index (κ1) is 16.0. The molecule has 4 heteroatoms. The van der Waals surface area contributed by atoms with Crippen molar-refractivity contribution in [2.24, 2.45) is 11.8 Å². The number of hydrogen-bond donors (Lipinski definition) is 0. The van der Waals surface area contributed by atoms with Gasteiger partial charge >= 0.3 is 11.9 Å². The van der Waals surface area contributed by atoms with Gasteiger partial charge in [0.05, 0.1) is 11.8 Å². The molecule has 108 valence electrons. The second-order valence-corrected chi connectivity index (χ2v) is 5.06. The number of rotatable bonds is 5. The molecule has 0 aliphatic carbocycles. The average molecular weight is 276 g/mol. The van der Waals surface area contributed by atoms with Gasteiger partial charge < -0.3 is 9.47 Å². The van der Waals surface area contributed by atoms with Crippen LogP contribution in [0.1, 0.15) is 33.3 Å². The number of ether oxygens (including phenoxy) is 2. The molecule has 0 radical (unpaired) electrons. The lowest BCUT2D eigenvalue weighted by Crippen LogP contribution is -2.18. The summed E-state index contributed by atoms with van der Waals surface area (Å²) in [6.45, 7) is 10.6. The first-order chi connectivity index (χ1) is 9.35. The summed E-state index contributed by atoms with van der Waals surface area (Å²) in [7, 11) is 0. The van der Waals surface area contributed by atoms with Crippen LogP contribution >= 0.6 is 0 Å². The Morgan fingerprint density at radius 1 is 1.00 bits per heavy atom. The Morgan fingerprint density at radius 2 is 1.50 bits per heavy atom. The SMILES string of the molecule is C=Cc1ccc(OC(=O)C(C)C)c(OC(=O)C(C)C)c1. The van der Waals surface area contributed by atoms with Gasteiger partial charge in [0, 0.05) is 0 Å². The number of esters is 2. The maximum atomic E-state index is 11.7. The highest BCUT2D eigenvalue weighted by molar-refractivity contribution is 5.78. The van der Waals surface area contributed by atoms with E-state index in [2.05, 4.69) is 6.58 Å². The zero-order valence-electron chi connectivity index (χ0n) is 12.3. The fraction of sp³-hybridized carbons (Fsp3) is 0.375. The third-order valence-electron chi connectivity index (χ3n) is 2.57. The predicted octanol–water partition coefficient (Wildman–Crippen LogP) is 3.45. The van der Waals surface area contributed by atoms with Gasteiger partial charge in [-0.1, -0.05) is 46.4 Å². The zero-order valence-corrected chi connectivity index (χ0v) is 12.3. The molecular weight excluding hydrogens is 256 g/mol. The lowest BCUT2D eigenvalue weighted by Gasteiger charge is -2.13. The van der Waals surface area contributed by atoms with E-state index < -0.39 is 0 Å². The number of carbonyl (C=O) groups excluding carboxylic acids is 2. The summed E-state index contributed by atoms with van der Waals surface area (Å²) >= 11 is 0. The van der Waals surface area contributed by atoms with Crippen LogP contribution in [-0.4, -0.2) is 11.9 Å². The minimum atomic E-state index is -0.381. The zero-order chi connectivity index (χ0) is 15.3. The van der Waals surface area contributed by atoms with Crippen LogP contribution in [0.15, 0.2) is 24.8 Å². The number of benzene rings is 1. The summed E-state index contributed by atoms with van der Waals surface area (Å²) < 4.78 is 10.5. The van der Waals surface area contributed by atoms with Crippen molar-refractivity contribution >= 4 is 18.0 Å². The summed E-state index contributed by atoms with van der Waals surface area (Å²) in [6.07, 6.45) is 1.63. The molecule has 0 aromatic heterocycles. The molecule has 0 saturated heterocycles. The summed E-state index contributed by atoms with van der Waals surface area (Å²) in [5.41, 5.74) is 0.779. The van der Waals surface area contributed by atoms with Crippen LogP contribution in [0.5, 0.6) is 11.5 Å². The Kier molecular flexibility index (Phi) is 5.50. The van der Waals surface area contributed by atoms with Crippen LogP contribution < -0.4 is 9.47 Å². The average Bonchev–Trinajstić information content (AvgIpc) is 2.40. The molecule has 0 aliphatic heterocycles. The first-order valence-corrected chi connectivity index (χ1v) is 6.55. The summed E-state index contributed by atoms with van der Waals surface area (Å²) in [6, 6.07) is 4.96. The van der Waals surface area contributed by atoms with Gasteiger partial charge in [-0.25, -0.2) is 0 Å². The minimum absolute atomic E-state index is 0.232.